The van der Waals surface area contributed by atoms with Crippen molar-refractivity contribution >= 4 is 16.9 Å². The van der Waals surface area contributed by atoms with Crippen LogP contribution in [-0.2, 0) is 6.54 Å². The second-order valence-corrected chi connectivity index (χ2v) is 5.48. The van der Waals surface area contributed by atoms with Gasteiger partial charge >= 0.3 is 5.97 Å². The van der Waals surface area contributed by atoms with Gasteiger partial charge in [-0.2, -0.15) is 5.10 Å². The van der Waals surface area contributed by atoms with Crippen molar-refractivity contribution in [3.05, 3.63) is 66.0 Å². The van der Waals surface area contributed by atoms with Crippen molar-refractivity contribution < 1.29 is 9.90 Å². The molecule has 0 saturated carbocycles. The zero-order valence-electron chi connectivity index (χ0n) is 12.5. The van der Waals surface area contributed by atoms with Gasteiger partial charge in [-0.3, -0.25) is 5.10 Å². The van der Waals surface area contributed by atoms with E-state index in [9.17, 15) is 4.79 Å². The molecule has 2 aromatic carbocycles. The molecule has 24 heavy (non-hydrogen) atoms. The number of carbonyl (C=O) groups is 1. The molecule has 2 N–H and O–H groups in total. The minimum Gasteiger partial charge on any atom is -0.478 e. The van der Waals surface area contributed by atoms with Gasteiger partial charge < -0.3 is 5.11 Å². The van der Waals surface area contributed by atoms with Crippen LogP contribution in [-0.4, -0.2) is 36.3 Å². The summed E-state index contributed by atoms with van der Waals surface area (Å²) in [5.41, 5.74) is 3.95. The second kappa shape index (κ2) is 5.62. The van der Waals surface area contributed by atoms with Gasteiger partial charge in [0, 0.05) is 10.9 Å². The van der Waals surface area contributed by atoms with Crippen LogP contribution in [0.1, 0.15) is 15.9 Å². The van der Waals surface area contributed by atoms with Crippen molar-refractivity contribution in [1.82, 2.24) is 25.2 Å². The molecule has 0 unspecified atom stereocenters. The molecule has 0 spiro atoms. The zero-order valence-corrected chi connectivity index (χ0v) is 12.5. The predicted molar refractivity (Wildman–Crippen MR) is 87.6 cm³/mol. The van der Waals surface area contributed by atoms with Gasteiger partial charge in [0.2, 0.25) is 0 Å². The van der Waals surface area contributed by atoms with Gasteiger partial charge in [-0.1, -0.05) is 23.4 Å². The Balaban J connectivity index is 1.56. The standard InChI is InChI=1S/C17H13N5O2/c23-17(24)12-3-1-11(2-4-12)9-22-10-16(20-21-22)13-5-6-15-14(7-13)8-18-19-15/h1-8,10H,9H2,(H,18,19)(H,23,24). The first-order chi connectivity index (χ1) is 11.7. The van der Waals surface area contributed by atoms with Gasteiger partial charge in [-0.25, -0.2) is 9.48 Å². The lowest BCUT2D eigenvalue weighted by Gasteiger charge is -2.01. The Morgan fingerprint density at radius 3 is 2.79 bits per heavy atom. The number of fused-ring (bicyclic) bond motifs is 1. The maximum Gasteiger partial charge on any atom is 0.335 e. The van der Waals surface area contributed by atoms with E-state index in [0.29, 0.717) is 6.54 Å². The van der Waals surface area contributed by atoms with Crippen molar-refractivity contribution in [1.29, 1.82) is 0 Å². The number of nitrogens with zero attached hydrogens (tertiary/aromatic N) is 4. The van der Waals surface area contributed by atoms with Gasteiger partial charge in [0.15, 0.2) is 0 Å². The highest BCUT2D eigenvalue weighted by Gasteiger charge is 2.07. The second-order valence-electron chi connectivity index (χ2n) is 5.48. The highest BCUT2D eigenvalue weighted by molar-refractivity contribution is 5.87. The summed E-state index contributed by atoms with van der Waals surface area (Å²) in [4.78, 5) is 10.9. The van der Waals surface area contributed by atoms with E-state index in [-0.39, 0.29) is 5.56 Å². The maximum atomic E-state index is 10.9. The molecule has 2 heterocycles. The molecule has 4 rings (SSSR count). The third-order valence-electron chi connectivity index (χ3n) is 3.82. The largest absolute Gasteiger partial charge is 0.478 e. The zero-order chi connectivity index (χ0) is 16.5. The number of H-pyrrole nitrogens is 1. The van der Waals surface area contributed by atoms with E-state index in [1.54, 1.807) is 35.1 Å². The molecule has 0 atom stereocenters. The molecule has 7 nitrogen and oxygen atoms in total. The summed E-state index contributed by atoms with van der Waals surface area (Å²) >= 11 is 0. The average molecular weight is 319 g/mol. The summed E-state index contributed by atoms with van der Waals surface area (Å²) in [6, 6.07) is 12.7. The number of nitrogens with one attached hydrogen (secondary N) is 1. The van der Waals surface area contributed by atoms with E-state index in [0.717, 1.165) is 27.7 Å². The van der Waals surface area contributed by atoms with Gasteiger partial charge in [0.05, 0.1) is 30.0 Å². The predicted octanol–water partition coefficient (Wildman–Crippen LogP) is 2.57. The first kappa shape index (κ1) is 14.1. The van der Waals surface area contributed by atoms with Crippen LogP contribution in [0.25, 0.3) is 22.2 Å². The van der Waals surface area contributed by atoms with Crippen LogP contribution in [0.3, 0.4) is 0 Å². The number of aromatic amines is 1. The van der Waals surface area contributed by atoms with Gasteiger partial charge in [-0.05, 0) is 29.8 Å². The Bertz CT molecular complexity index is 1020. The maximum absolute atomic E-state index is 10.9. The molecule has 7 heteroatoms. The van der Waals surface area contributed by atoms with E-state index < -0.39 is 5.97 Å². The normalized spacial score (nSPS) is 11.0. The number of aromatic nitrogens is 5. The van der Waals surface area contributed by atoms with Crippen molar-refractivity contribution in [2.75, 3.05) is 0 Å². The first-order valence-corrected chi connectivity index (χ1v) is 7.35. The van der Waals surface area contributed by atoms with Crippen LogP contribution in [0.2, 0.25) is 0 Å². The Kier molecular flexibility index (Phi) is 3.31. The van der Waals surface area contributed by atoms with Crippen LogP contribution >= 0.6 is 0 Å². The third kappa shape index (κ3) is 2.63. The van der Waals surface area contributed by atoms with E-state index in [1.165, 1.54) is 0 Å². The minimum absolute atomic E-state index is 0.270. The number of benzene rings is 2. The van der Waals surface area contributed by atoms with Gasteiger partial charge in [-0.15, -0.1) is 5.10 Å². The number of aromatic carboxylic acids is 1. The van der Waals surface area contributed by atoms with Crippen LogP contribution in [0, 0.1) is 0 Å². The summed E-state index contributed by atoms with van der Waals surface area (Å²) < 4.78 is 1.73. The fraction of sp³-hybridized carbons (Fsp3) is 0.0588. The quantitative estimate of drug-likeness (QED) is 0.602. The van der Waals surface area contributed by atoms with E-state index in [1.807, 2.05) is 24.4 Å². The Hall–Kier alpha value is -3.48. The Morgan fingerprint density at radius 1 is 1.17 bits per heavy atom. The van der Waals surface area contributed by atoms with Crippen LogP contribution in [0.4, 0.5) is 0 Å². The van der Waals surface area contributed by atoms with Gasteiger partial charge in [0.25, 0.3) is 0 Å². The van der Waals surface area contributed by atoms with E-state index in [4.69, 9.17) is 5.11 Å². The number of hydrogen-bond acceptors (Lipinski definition) is 4. The molecular formula is C17H13N5O2. The lowest BCUT2D eigenvalue weighted by atomic mass is 10.1. The fourth-order valence-corrected chi connectivity index (χ4v) is 2.55. The number of rotatable bonds is 4. The molecule has 0 aliphatic rings. The minimum atomic E-state index is -0.931. The van der Waals surface area contributed by atoms with Crippen LogP contribution in [0.5, 0.6) is 0 Å². The highest BCUT2D eigenvalue weighted by atomic mass is 16.4. The van der Waals surface area contributed by atoms with Crippen molar-refractivity contribution in [2.45, 2.75) is 6.54 Å². The molecule has 0 aliphatic carbocycles. The van der Waals surface area contributed by atoms with E-state index >= 15 is 0 Å². The third-order valence-corrected chi connectivity index (χ3v) is 3.82. The van der Waals surface area contributed by atoms with Crippen molar-refractivity contribution in [3.63, 3.8) is 0 Å². The first-order valence-electron chi connectivity index (χ1n) is 7.35. The summed E-state index contributed by atoms with van der Waals surface area (Å²) in [5.74, 6) is -0.931. The molecule has 0 amide bonds. The SMILES string of the molecule is O=C(O)c1ccc(Cn2cc(-c3ccc4[nH]ncc4c3)nn2)cc1. The molecule has 0 aliphatic heterocycles. The average Bonchev–Trinajstić information content (AvgIpc) is 3.23. The van der Waals surface area contributed by atoms with Crippen molar-refractivity contribution in [2.24, 2.45) is 0 Å². The monoisotopic (exact) mass is 319 g/mol. The lowest BCUT2D eigenvalue weighted by Crippen LogP contribution is -2.01. The summed E-state index contributed by atoms with van der Waals surface area (Å²) in [5, 5.41) is 25.2. The highest BCUT2D eigenvalue weighted by Crippen LogP contribution is 2.21. The molecule has 118 valence electrons. The molecule has 4 aromatic rings. The smallest absolute Gasteiger partial charge is 0.335 e. The molecular weight excluding hydrogens is 306 g/mol. The van der Waals surface area contributed by atoms with Crippen LogP contribution < -0.4 is 0 Å². The lowest BCUT2D eigenvalue weighted by molar-refractivity contribution is 0.0697. The molecule has 0 saturated heterocycles. The van der Waals surface area contributed by atoms with Crippen LogP contribution in [0.15, 0.2) is 54.9 Å². The summed E-state index contributed by atoms with van der Waals surface area (Å²) in [6.07, 6.45) is 3.64. The fourth-order valence-electron chi connectivity index (χ4n) is 2.55. The molecule has 0 bridgehead atoms. The molecule has 2 aromatic heterocycles. The topological polar surface area (TPSA) is 96.7 Å². The van der Waals surface area contributed by atoms with Gasteiger partial charge in [0.1, 0.15) is 5.69 Å². The molecule has 0 radical (unpaired) electrons. The number of carboxylic acids is 1. The summed E-state index contributed by atoms with van der Waals surface area (Å²) in [7, 11) is 0. The van der Waals surface area contributed by atoms with Crippen molar-refractivity contribution in [3.8, 4) is 11.3 Å². The Morgan fingerprint density at radius 2 is 2.00 bits per heavy atom. The number of hydrogen-bond donors (Lipinski definition) is 2. The Labute approximate surface area is 136 Å². The molecule has 0 fully saturated rings. The number of carboxylic acid groups (broad SMARTS) is 1. The van der Waals surface area contributed by atoms with E-state index in [2.05, 4.69) is 20.5 Å². The summed E-state index contributed by atoms with van der Waals surface area (Å²) in [6.45, 7) is 0.529.